The van der Waals surface area contributed by atoms with Crippen molar-refractivity contribution in [2.24, 2.45) is 18.9 Å². The quantitative estimate of drug-likeness (QED) is 0.0224. The van der Waals surface area contributed by atoms with Crippen LogP contribution in [0.1, 0.15) is 25.1 Å². The van der Waals surface area contributed by atoms with Crippen molar-refractivity contribution in [3.05, 3.63) is 46.0 Å². The van der Waals surface area contributed by atoms with Gasteiger partial charge >= 0.3 is 29.1 Å². The van der Waals surface area contributed by atoms with Gasteiger partial charge in [0.05, 0.1) is 51.7 Å². The third-order valence-electron chi connectivity index (χ3n) is 13.1. The van der Waals surface area contributed by atoms with Crippen LogP contribution in [0.15, 0.2) is 34.9 Å². The van der Waals surface area contributed by atoms with Gasteiger partial charge in [-0.15, -0.1) is 0 Å². The van der Waals surface area contributed by atoms with Crippen molar-refractivity contribution in [2.45, 2.75) is 67.8 Å². The number of methoxy groups -OCH3 is 1. The number of phosphoric acid groups is 3. The van der Waals surface area contributed by atoms with Crippen LogP contribution in [0.5, 0.6) is 0 Å². The minimum atomic E-state index is -6.19. The molecule has 40 nitrogen and oxygen atoms in total. The largest absolute Gasteiger partial charge is 0.766 e. The third-order valence-corrected chi connectivity index (χ3v) is 18.4. The number of carbonyl (C=O) groups excluding carboxylic acids is 1. The number of ether oxygens (including phenoxy) is 4. The Morgan fingerprint density at radius 1 is 0.778 bits per heavy atom. The molecule has 16 atom stereocenters. The summed E-state index contributed by atoms with van der Waals surface area (Å²) in [6.07, 6.45) is -10.9. The number of aromatic nitrogens is 12. The lowest BCUT2D eigenvalue weighted by molar-refractivity contribution is -0.745. The number of carbonyl (C=O) groups is 1. The van der Waals surface area contributed by atoms with Crippen LogP contribution in [0.25, 0.3) is 33.5 Å². The number of aromatic amines is 2. The predicted octanol–water partition coefficient (Wildman–Crippen LogP) is -4.79. The molecule has 3 aliphatic rings. The summed E-state index contributed by atoms with van der Waals surface area (Å²) in [6, 6.07) is 0. The second-order valence-corrected chi connectivity index (χ2v) is 24.8. The number of fused-ring (bicyclic) bond motifs is 3. The Labute approximate surface area is 452 Å². The summed E-state index contributed by atoms with van der Waals surface area (Å²) in [7, 11) is -17.7. The number of nitrogens with zero attached hydrogens (tertiary/aromatic N) is 11. The fourth-order valence-electron chi connectivity index (χ4n) is 9.36. The monoisotopic (exact) mass is 1230 g/mol. The van der Waals surface area contributed by atoms with E-state index in [1.165, 1.54) is 59.5 Å². The first-order chi connectivity index (χ1) is 38.0. The maximum absolute atomic E-state index is 13.4. The lowest BCUT2D eigenvalue weighted by Crippen LogP contribution is -2.45. The molecule has 1 amide bonds. The van der Waals surface area contributed by atoms with Gasteiger partial charge in [-0.05, 0) is 0 Å². The zero-order chi connectivity index (χ0) is 58.8. The van der Waals surface area contributed by atoms with Crippen LogP contribution < -0.4 is 42.9 Å². The molecular weight excluding hydrogens is 1170 g/mol. The first-order valence-electron chi connectivity index (χ1n) is 23.5. The van der Waals surface area contributed by atoms with Gasteiger partial charge in [-0.1, -0.05) is 4.98 Å². The number of phosphoric ester groups is 2. The molecule has 0 spiro atoms. The molecule has 3 fully saturated rings. The molecule has 6 aromatic heterocycles. The molecule has 5 unspecified atom stereocenters. The van der Waals surface area contributed by atoms with E-state index in [1.807, 2.05) is 0 Å². The van der Waals surface area contributed by atoms with E-state index < -0.39 is 154 Å². The van der Waals surface area contributed by atoms with Crippen molar-refractivity contribution < 1.29 is 104 Å². The van der Waals surface area contributed by atoms with Gasteiger partial charge in [0.1, 0.15) is 42.4 Å². The fraction of sp³-hybridized carbons (Fsp3) is 0.568. The summed E-state index contributed by atoms with van der Waals surface area (Å²) in [5.74, 6) is -3.70. The molecule has 0 aliphatic carbocycles. The van der Waals surface area contributed by atoms with E-state index >= 15 is 0 Å². The van der Waals surface area contributed by atoms with Gasteiger partial charge in [-0.2, -0.15) is 13.6 Å². The molecule has 44 heteroatoms. The average Bonchev–Trinajstić information content (AvgIpc) is 3.61. The van der Waals surface area contributed by atoms with Crippen molar-refractivity contribution in [3.63, 3.8) is 0 Å². The van der Waals surface area contributed by atoms with Gasteiger partial charge in [0.2, 0.25) is 31.3 Å². The number of hydrogen-bond acceptors (Lipinski definition) is 29. The van der Waals surface area contributed by atoms with Gasteiger partial charge < -0.3 is 80.5 Å². The Bertz CT molecular complexity index is 3670. The molecule has 0 saturated carbocycles. The maximum atomic E-state index is 13.4. The van der Waals surface area contributed by atoms with E-state index in [9.17, 15) is 67.5 Å². The van der Waals surface area contributed by atoms with E-state index in [-0.39, 0.29) is 51.2 Å². The van der Waals surface area contributed by atoms with E-state index in [2.05, 4.69) is 53.6 Å². The first kappa shape index (κ1) is 60.0. The highest BCUT2D eigenvalue weighted by molar-refractivity contribution is 7.66. The summed E-state index contributed by atoms with van der Waals surface area (Å²) in [5, 5.41) is 35.3. The maximum Gasteiger partial charge on any atom is 0.490 e. The van der Waals surface area contributed by atoms with Crippen LogP contribution in [-0.2, 0) is 71.2 Å². The number of amides is 1. The summed E-state index contributed by atoms with van der Waals surface area (Å²) < 4.78 is 105. The molecule has 9 heterocycles. The number of nitrogen functional groups attached to an aromatic ring is 3. The topological polar surface area (TPSA) is 568 Å². The lowest BCUT2D eigenvalue weighted by Gasteiger charge is -2.30. The van der Waals surface area contributed by atoms with Gasteiger partial charge in [-0.25, -0.2) is 38.2 Å². The van der Waals surface area contributed by atoms with E-state index in [1.54, 1.807) is 0 Å². The van der Waals surface area contributed by atoms with Crippen molar-refractivity contribution in [1.82, 2.24) is 63.6 Å². The number of imidazole rings is 3. The summed E-state index contributed by atoms with van der Waals surface area (Å²) >= 11 is 0. The van der Waals surface area contributed by atoms with Gasteiger partial charge in [0.25, 0.3) is 17.1 Å². The lowest BCUT2D eigenvalue weighted by atomic mass is 9.94. The van der Waals surface area contributed by atoms with Gasteiger partial charge in [0, 0.05) is 46.0 Å². The molecule has 6 aromatic rings. The normalized spacial score (nSPS) is 29.0. The zero-order valence-electron chi connectivity index (χ0n) is 42.3. The number of nitrogens with one attached hydrogen (secondary N) is 3. The molecule has 444 valence electrons. The van der Waals surface area contributed by atoms with Crippen molar-refractivity contribution >= 4 is 88.3 Å². The van der Waals surface area contributed by atoms with Crippen molar-refractivity contribution in [3.8, 4) is 0 Å². The number of aliphatic hydroxyl groups is 3. The van der Waals surface area contributed by atoms with E-state index in [4.69, 9.17) is 49.7 Å². The van der Waals surface area contributed by atoms with Gasteiger partial charge in [0.15, 0.2) is 41.4 Å². The molecule has 3 saturated heterocycles. The number of H-pyrrole nitrogens is 2. The molecular formula is C37H53N17O23P4. The van der Waals surface area contributed by atoms with Crippen LogP contribution in [0.2, 0.25) is 0 Å². The standard InChI is InChI=1S/C37H53N17O23P4/c1-50(2)19(55)5-14-16(73-33(23(14)56)54-13-51(3)22-30(54)47-37(40)49-32(22)60)7-71-79(63,64)76-81(67,68)77-80(65,66)72-8-17-15(26(69-4)35(74-17)52-11-43-20-27(38)41-10-42-28(20)52)6-45-78(61,62)70-9-18-24(57)25(58)34(75-18)53-12-44-21-29(53)46-36(39)48-31(21)59/h10-18,23-26,33-35,56-58H,5-9H2,1-4H3,(H12-,38,39,40,41,42,45,46,47,48,49,59,60,61,62,63,64,65,66,67,68)/t14-,15?,16-,17-,18-,23-,24-,25-,26-,33-,34-,35-/m1/s1. The average molecular weight is 1230 g/mol. The van der Waals surface area contributed by atoms with E-state index in [0.717, 1.165) is 17.2 Å². The van der Waals surface area contributed by atoms with Crippen molar-refractivity contribution in [2.75, 3.05) is 64.8 Å². The van der Waals surface area contributed by atoms with Crippen LogP contribution >= 0.6 is 31.2 Å². The Morgan fingerprint density at radius 3 is 2.02 bits per heavy atom. The highest BCUT2D eigenvalue weighted by atomic mass is 31.3. The second kappa shape index (κ2) is 22.8. The minimum Gasteiger partial charge on any atom is -0.766 e. The van der Waals surface area contributed by atoms with Gasteiger partial charge in [-0.3, -0.25) is 56.8 Å². The van der Waals surface area contributed by atoms with Crippen LogP contribution in [0, 0.1) is 11.8 Å². The molecule has 81 heavy (non-hydrogen) atoms. The van der Waals surface area contributed by atoms with E-state index in [0.29, 0.717) is 0 Å². The second-order valence-electron chi connectivity index (χ2n) is 18.6. The van der Waals surface area contributed by atoms with Crippen LogP contribution in [0.4, 0.5) is 17.7 Å². The number of rotatable bonds is 22. The Balaban J connectivity index is 0.862. The Kier molecular flexibility index (Phi) is 16.9. The zero-order valence-corrected chi connectivity index (χ0v) is 45.9. The highest BCUT2D eigenvalue weighted by Crippen LogP contribution is 2.68. The molecule has 0 bridgehead atoms. The molecule has 0 radical (unpaired) electrons. The minimum absolute atomic E-state index is 0.00274. The number of anilines is 3. The Morgan fingerprint density at radius 2 is 1.37 bits per heavy atom. The summed E-state index contributed by atoms with van der Waals surface area (Å²) in [4.78, 5) is 113. The molecule has 15 N–H and O–H groups in total. The number of hydrogen-bond donors (Lipinski definition) is 12. The first-order valence-corrected chi connectivity index (χ1v) is 29.6. The summed E-state index contributed by atoms with van der Waals surface area (Å²) in [5.41, 5.74) is 15.8. The number of aliphatic hydroxyl groups excluding tert-OH is 3. The third kappa shape index (κ3) is 12.5. The smallest absolute Gasteiger partial charge is 0.490 e. The molecule has 9 rings (SSSR count). The number of aryl methyl sites for hydroxylation is 1. The van der Waals surface area contributed by atoms with Crippen LogP contribution in [-0.4, -0.2) is 185 Å². The van der Waals surface area contributed by atoms with Crippen molar-refractivity contribution in [1.29, 1.82) is 0 Å². The summed E-state index contributed by atoms with van der Waals surface area (Å²) in [6.45, 7) is -3.75. The molecule has 0 aromatic carbocycles. The highest BCUT2D eigenvalue weighted by Gasteiger charge is 2.52. The fourth-order valence-corrected chi connectivity index (χ4v) is 13.7. The SMILES string of the molecule is CO[C@@H]1C(CNP(=O)([O-])OC[C@H]2O[C@@H](n3cnc4c(=O)[nH]c(N)nc43)[C@H](O)[C@@H]2O)[C@@H](COP(=O)(O)OP(=O)(O)OP(=O)(O)OC[C@H]2O[C@@H]([n+]3cn(C)c4c(=O)[nH]c(N)nc43)[C@H](O)[C@@H]2CC(=O)N(C)C)O[C@H]1n1cnc2c(N)ncnc21. The predicted molar refractivity (Wildman–Crippen MR) is 264 cm³/mol. The number of nitrogens with two attached hydrogens (primary N) is 3. The van der Waals surface area contributed by atoms with Crippen LogP contribution in [0.3, 0.4) is 0 Å². The molecule has 3 aliphatic heterocycles. The Hall–Kier alpha value is -5.64.